The van der Waals surface area contributed by atoms with E-state index >= 15 is 0 Å². The number of benzene rings is 2. The molecule has 0 fully saturated rings. The second kappa shape index (κ2) is 7.52. The Morgan fingerprint density at radius 1 is 1.00 bits per heavy atom. The van der Waals surface area contributed by atoms with Crippen LogP contribution in [0, 0.1) is 0 Å². The smallest absolute Gasteiger partial charge is 0.129 e. The summed E-state index contributed by atoms with van der Waals surface area (Å²) < 4.78 is 5.46. The standard InChI is InChI=1S/C19H14Cl3NO2/c1-25-18-3-2-11(6-14(18)12-4-5-23-19(22)8-12)7-15-16(20)9-13(24)10-17(15)21/h2-6,8-10,24H,7H2,1H3. The first kappa shape index (κ1) is 17.9. The van der Waals surface area contributed by atoms with E-state index in [1.165, 1.54) is 12.1 Å². The minimum Gasteiger partial charge on any atom is -0.508 e. The van der Waals surface area contributed by atoms with Gasteiger partial charge in [-0.2, -0.15) is 0 Å². The Bertz CT molecular complexity index is 905. The highest BCUT2D eigenvalue weighted by atomic mass is 35.5. The summed E-state index contributed by atoms with van der Waals surface area (Å²) in [6, 6.07) is 12.5. The number of nitrogens with zero attached hydrogens (tertiary/aromatic N) is 1. The summed E-state index contributed by atoms with van der Waals surface area (Å²) in [5, 5.41) is 10.8. The van der Waals surface area contributed by atoms with E-state index in [0.29, 0.717) is 21.6 Å². The first-order valence-electron chi connectivity index (χ1n) is 7.43. The van der Waals surface area contributed by atoms with Gasteiger partial charge in [0.15, 0.2) is 0 Å². The number of rotatable bonds is 4. The second-order valence-corrected chi connectivity index (χ2v) is 6.67. The third-order valence-electron chi connectivity index (χ3n) is 3.81. The predicted octanol–water partition coefficient (Wildman–Crippen LogP) is 6.01. The molecule has 3 rings (SSSR count). The van der Waals surface area contributed by atoms with Crippen molar-refractivity contribution in [1.82, 2.24) is 4.98 Å². The van der Waals surface area contributed by atoms with E-state index in [0.717, 1.165) is 28.0 Å². The highest BCUT2D eigenvalue weighted by molar-refractivity contribution is 6.36. The minimum absolute atomic E-state index is 0.0422. The van der Waals surface area contributed by atoms with Crippen molar-refractivity contribution < 1.29 is 9.84 Å². The van der Waals surface area contributed by atoms with Crippen LogP contribution in [0.3, 0.4) is 0 Å². The van der Waals surface area contributed by atoms with Gasteiger partial charge in [-0.1, -0.05) is 40.9 Å². The number of hydrogen-bond donors (Lipinski definition) is 1. The molecule has 0 bridgehead atoms. The quantitative estimate of drug-likeness (QED) is 0.551. The molecule has 6 heteroatoms. The molecule has 25 heavy (non-hydrogen) atoms. The third kappa shape index (κ3) is 4.01. The molecule has 0 radical (unpaired) electrons. The summed E-state index contributed by atoms with van der Waals surface area (Å²) in [5.74, 6) is 0.773. The van der Waals surface area contributed by atoms with Gasteiger partial charge in [0.25, 0.3) is 0 Å². The van der Waals surface area contributed by atoms with Gasteiger partial charge in [-0.3, -0.25) is 0 Å². The number of aromatic hydroxyl groups is 1. The number of methoxy groups -OCH3 is 1. The van der Waals surface area contributed by atoms with E-state index < -0.39 is 0 Å². The topological polar surface area (TPSA) is 42.4 Å². The summed E-state index contributed by atoms with van der Waals surface area (Å²) >= 11 is 18.5. The Morgan fingerprint density at radius 2 is 1.72 bits per heavy atom. The van der Waals surface area contributed by atoms with Crippen molar-refractivity contribution >= 4 is 34.8 Å². The van der Waals surface area contributed by atoms with Crippen LogP contribution in [-0.2, 0) is 6.42 Å². The van der Waals surface area contributed by atoms with Crippen molar-refractivity contribution in [3.63, 3.8) is 0 Å². The maximum Gasteiger partial charge on any atom is 0.129 e. The lowest BCUT2D eigenvalue weighted by molar-refractivity contribution is 0.416. The number of halogens is 3. The lowest BCUT2D eigenvalue weighted by atomic mass is 9.98. The lowest BCUT2D eigenvalue weighted by Crippen LogP contribution is -1.95. The Labute approximate surface area is 160 Å². The summed E-state index contributed by atoms with van der Waals surface area (Å²) in [6.07, 6.45) is 2.17. The van der Waals surface area contributed by atoms with E-state index in [-0.39, 0.29) is 5.75 Å². The molecule has 0 aliphatic heterocycles. The summed E-state index contributed by atoms with van der Waals surface area (Å²) in [7, 11) is 1.62. The molecule has 0 saturated carbocycles. The monoisotopic (exact) mass is 393 g/mol. The summed E-state index contributed by atoms with van der Waals surface area (Å²) in [5.41, 5.74) is 3.56. The Morgan fingerprint density at radius 3 is 2.36 bits per heavy atom. The van der Waals surface area contributed by atoms with Crippen LogP contribution in [0.5, 0.6) is 11.5 Å². The van der Waals surface area contributed by atoms with E-state index in [1.54, 1.807) is 19.4 Å². The Balaban J connectivity index is 2.03. The molecule has 1 heterocycles. The second-order valence-electron chi connectivity index (χ2n) is 5.47. The van der Waals surface area contributed by atoms with Gasteiger partial charge in [-0.15, -0.1) is 0 Å². The molecule has 0 unspecified atom stereocenters. The zero-order valence-corrected chi connectivity index (χ0v) is 15.5. The van der Waals surface area contributed by atoms with Crippen molar-refractivity contribution in [2.24, 2.45) is 0 Å². The fraction of sp³-hybridized carbons (Fsp3) is 0.105. The van der Waals surface area contributed by atoms with Crippen LogP contribution in [-0.4, -0.2) is 17.2 Å². The van der Waals surface area contributed by atoms with Crippen LogP contribution in [0.2, 0.25) is 15.2 Å². The van der Waals surface area contributed by atoms with Crippen LogP contribution < -0.4 is 4.74 Å². The molecule has 1 aromatic heterocycles. The molecule has 0 atom stereocenters. The SMILES string of the molecule is COc1ccc(Cc2c(Cl)cc(O)cc2Cl)cc1-c1ccnc(Cl)c1. The van der Waals surface area contributed by atoms with Gasteiger partial charge in [0.05, 0.1) is 7.11 Å². The average Bonchev–Trinajstić information content (AvgIpc) is 2.58. The van der Waals surface area contributed by atoms with Crippen molar-refractivity contribution in [1.29, 1.82) is 0 Å². The number of hydrogen-bond acceptors (Lipinski definition) is 3. The molecule has 128 valence electrons. The van der Waals surface area contributed by atoms with Crippen LogP contribution in [0.4, 0.5) is 0 Å². The normalized spacial score (nSPS) is 10.7. The molecule has 2 aromatic carbocycles. The van der Waals surface area contributed by atoms with Crippen LogP contribution in [0.15, 0.2) is 48.7 Å². The fourth-order valence-electron chi connectivity index (χ4n) is 2.62. The fourth-order valence-corrected chi connectivity index (χ4v) is 3.41. The van der Waals surface area contributed by atoms with Crippen LogP contribution >= 0.6 is 34.8 Å². The van der Waals surface area contributed by atoms with E-state index in [4.69, 9.17) is 39.5 Å². The Kier molecular flexibility index (Phi) is 5.38. The molecule has 0 saturated heterocycles. The number of aromatic nitrogens is 1. The number of pyridine rings is 1. The first-order chi connectivity index (χ1) is 12.0. The summed E-state index contributed by atoms with van der Waals surface area (Å²) in [4.78, 5) is 4.01. The molecular formula is C19H14Cl3NO2. The average molecular weight is 395 g/mol. The molecule has 0 aliphatic rings. The zero-order valence-electron chi connectivity index (χ0n) is 13.3. The predicted molar refractivity (Wildman–Crippen MR) is 102 cm³/mol. The van der Waals surface area contributed by atoms with Gasteiger partial charge < -0.3 is 9.84 Å². The van der Waals surface area contributed by atoms with Gasteiger partial charge in [0, 0.05) is 28.2 Å². The number of phenols is 1. The van der Waals surface area contributed by atoms with Gasteiger partial charge >= 0.3 is 0 Å². The molecule has 0 aliphatic carbocycles. The van der Waals surface area contributed by atoms with E-state index in [1.807, 2.05) is 24.3 Å². The Hall–Kier alpha value is -1.94. The van der Waals surface area contributed by atoms with Crippen molar-refractivity contribution in [2.75, 3.05) is 7.11 Å². The maximum atomic E-state index is 9.57. The minimum atomic E-state index is 0.0422. The van der Waals surface area contributed by atoms with Crippen molar-refractivity contribution in [3.05, 3.63) is 75.0 Å². The molecule has 3 aromatic rings. The molecule has 0 spiro atoms. The van der Waals surface area contributed by atoms with Crippen molar-refractivity contribution in [2.45, 2.75) is 6.42 Å². The lowest BCUT2D eigenvalue weighted by Gasteiger charge is -2.13. The zero-order chi connectivity index (χ0) is 18.0. The van der Waals surface area contributed by atoms with Gasteiger partial charge in [-0.05, 0) is 53.1 Å². The van der Waals surface area contributed by atoms with Gasteiger partial charge in [-0.25, -0.2) is 4.98 Å². The summed E-state index contributed by atoms with van der Waals surface area (Å²) in [6.45, 7) is 0. The molecule has 0 amide bonds. The van der Waals surface area contributed by atoms with Crippen LogP contribution in [0.1, 0.15) is 11.1 Å². The molecule has 3 nitrogen and oxygen atoms in total. The van der Waals surface area contributed by atoms with E-state index in [9.17, 15) is 5.11 Å². The number of phenolic OH excluding ortho intramolecular Hbond substituents is 1. The highest BCUT2D eigenvalue weighted by Crippen LogP contribution is 2.35. The molecule has 1 N–H and O–H groups in total. The highest BCUT2D eigenvalue weighted by Gasteiger charge is 2.12. The largest absolute Gasteiger partial charge is 0.508 e. The number of ether oxygens (including phenoxy) is 1. The first-order valence-corrected chi connectivity index (χ1v) is 8.57. The van der Waals surface area contributed by atoms with Gasteiger partial charge in [0.1, 0.15) is 16.7 Å². The van der Waals surface area contributed by atoms with Crippen molar-refractivity contribution in [3.8, 4) is 22.6 Å². The van der Waals surface area contributed by atoms with E-state index in [2.05, 4.69) is 4.98 Å². The third-order valence-corrected chi connectivity index (χ3v) is 4.69. The maximum absolute atomic E-state index is 9.57. The van der Waals surface area contributed by atoms with Gasteiger partial charge in [0.2, 0.25) is 0 Å². The van der Waals surface area contributed by atoms with Crippen LogP contribution in [0.25, 0.3) is 11.1 Å². The molecular weight excluding hydrogens is 381 g/mol.